The van der Waals surface area contributed by atoms with E-state index in [9.17, 15) is 31.9 Å². The summed E-state index contributed by atoms with van der Waals surface area (Å²) in [5.74, 6) is -3.02. The molecular weight excluding hydrogens is 405 g/mol. The van der Waals surface area contributed by atoms with Crippen LogP contribution in [0, 0.1) is 11.6 Å². The number of likely N-dealkylation sites (tertiary alicyclic amines) is 1. The zero-order valence-corrected chi connectivity index (χ0v) is 15.1. The van der Waals surface area contributed by atoms with Crippen LogP contribution in [0.4, 0.5) is 22.0 Å². The second-order valence-electron chi connectivity index (χ2n) is 6.54. The summed E-state index contributed by atoms with van der Waals surface area (Å²) in [6, 6.07) is 3.06. The van der Waals surface area contributed by atoms with Crippen LogP contribution in [-0.2, 0) is 11.0 Å². The topological polar surface area (TPSA) is 40.5 Å². The highest BCUT2D eigenvalue weighted by atomic mass is 35.5. The van der Waals surface area contributed by atoms with Gasteiger partial charge in [-0.05, 0) is 42.7 Å². The Bertz CT molecular complexity index is 902. The number of hydrogen-bond acceptors (Lipinski definition) is 2. The Morgan fingerprint density at radius 3 is 2.46 bits per heavy atom. The molecule has 2 aromatic rings. The van der Waals surface area contributed by atoms with Crippen LogP contribution in [0.3, 0.4) is 0 Å². The van der Waals surface area contributed by atoms with Gasteiger partial charge < -0.3 is 5.11 Å². The van der Waals surface area contributed by atoms with Gasteiger partial charge in [-0.3, -0.25) is 9.69 Å². The summed E-state index contributed by atoms with van der Waals surface area (Å²) in [6.07, 6.45) is -3.94. The van der Waals surface area contributed by atoms with Gasteiger partial charge in [0.1, 0.15) is 17.7 Å². The molecule has 1 saturated heterocycles. The summed E-state index contributed by atoms with van der Waals surface area (Å²) < 4.78 is 67.5. The molecule has 1 fully saturated rings. The number of carboxylic acids is 1. The lowest BCUT2D eigenvalue weighted by atomic mass is 9.94. The first kappa shape index (κ1) is 20.5. The lowest BCUT2D eigenvalue weighted by molar-refractivity contribution is -0.143. The molecule has 0 amide bonds. The Balaban J connectivity index is 2.21. The number of carbonyl (C=O) groups is 1. The van der Waals surface area contributed by atoms with Gasteiger partial charge in [-0.25, -0.2) is 8.78 Å². The van der Waals surface area contributed by atoms with Crippen LogP contribution in [0.2, 0.25) is 5.02 Å². The van der Waals surface area contributed by atoms with E-state index in [1.54, 1.807) is 0 Å². The fourth-order valence-electron chi connectivity index (χ4n) is 3.54. The zero-order chi connectivity index (χ0) is 20.6. The lowest BCUT2D eigenvalue weighted by Gasteiger charge is -2.33. The summed E-state index contributed by atoms with van der Waals surface area (Å²) in [6.45, 7) is 0.213. The molecule has 0 bridgehead atoms. The maximum Gasteiger partial charge on any atom is 0.416 e. The second-order valence-corrected chi connectivity index (χ2v) is 6.94. The number of aliphatic carboxylic acids is 1. The van der Waals surface area contributed by atoms with Gasteiger partial charge in [-0.2, -0.15) is 13.2 Å². The van der Waals surface area contributed by atoms with Crippen molar-refractivity contribution in [3.63, 3.8) is 0 Å². The third-order valence-electron chi connectivity index (χ3n) is 4.79. The monoisotopic (exact) mass is 419 g/mol. The Morgan fingerprint density at radius 2 is 1.86 bits per heavy atom. The minimum absolute atomic E-state index is 0.0715. The number of hydrogen-bond donors (Lipinski definition) is 1. The standard InChI is InChI=1S/C19H15ClF5NO2/c20-14-6-3-10(19(23,24)25)8-13(14)17(12-5-4-11(21)9-15(12)22)26-7-1-2-16(26)18(27)28/h3-6,8-9,16-17H,1-2,7H2,(H,27,28). The van der Waals surface area contributed by atoms with Crippen LogP contribution in [0.5, 0.6) is 0 Å². The van der Waals surface area contributed by atoms with Crippen LogP contribution in [0.1, 0.15) is 35.6 Å². The molecule has 1 heterocycles. The molecule has 2 aromatic carbocycles. The highest BCUT2D eigenvalue weighted by Crippen LogP contribution is 2.41. The predicted octanol–water partition coefficient (Wildman–Crippen LogP) is 5.28. The normalized spacial score (nSPS) is 19.0. The van der Waals surface area contributed by atoms with E-state index in [4.69, 9.17) is 11.6 Å². The van der Waals surface area contributed by atoms with Crippen molar-refractivity contribution in [3.05, 3.63) is 69.7 Å². The van der Waals surface area contributed by atoms with E-state index in [-0.39, 0.29) is 29.1 Å². The molecule has 0 aliphatic carbocycles. The number of halogens is 6. The SMILES string of the molecule is O=C(O)C1CCCN1C(c1ccc(F)cc1F)c1cc(C(F)(F)F)ccc1Cl. The molecule has 1 aliphatic heterocycles. The molecule has 0 spiro atoms. The summed E-state index contributed by atoms with van der Waals surface area (Å²) in [5.41, 5.74) is -1.23. The average molecular weight is 420 g/mol. The van der Waals surface area contributed by atoms with Crippen LogP contribution >= 0.6 is 11.6 Å². The molecule has 9 heteroatoms. The van der Waals surface area contributed by atoms with Crippen molar-refractivity contribution in [2.75, 3.05) is 6.54 Å². The first-order valence-electron chi connectivity index (χ1n) is 8.39. The Labute approximate surface area is 162 Å². The molecule has 3 nitrogen and oxygen atoms in total. The molecule has 28 heavy (non-hydrogen) atoms. The van der Waals surface area contributed by atoms with Gasteiger partial charge in [-0.1, -0.05) is 17.7 Å². The zero-order valence-electron chi connectivity index (χ0n) is 14.3. The van der Waals surface area contributed by atoms with Crippen molar-refractivity contribution in [2.45, 2.75) is 31.1 Å². The van der Waals surface area contributed by atoms with Gasteiger partial charge >= 0.3 is 12.1 Å². The number of carboxylic acid groups (broad SMARTS) is 1. The smallest absolute Gasteiger partial charge is 0.416 e. The molecule has 2 atom stereocenters. The Morgan fingerprint density at radius 1 is 1.14 bits per heavy atom. The minimum atomic E-state index is -4.66. The molecule has 2 unspecified atom stereocenters. The maximum atomic E-state index is 14.6. The first-order valence-corrected chi connectivity index (χ1v) is 8.77. The molecule has 1 aliphatic rings. The van der Waals surface area contributed by atoms with Crippen LogP contribution in [0.15, 0.2) is 36.4 Å². The van der Waals surface area contributed by atoms with E-state index in [0.29, 0.717) is 12.5 Å². The van der Waals surface area contributed by atoms with Crippen LogP contribution in [0.25, 0.3) is 0 Å². The number of alkyl halides is 3. The average Bonchev–Trinajstić information content (AvgIpc) is 3.07. The Hall–Kier alpha value is -2.19. The second kappa shape index (κ2) is 7.67. The number of nitrogens with zero attached hydrogens (tertiary/aromatic N) is 1. The molecule has 0 saturated carbocycles. The van der Waals surface area contributed by atoms with Gasteiger partial charge in [-0.15, -0.1) is 0 Å². The molecule has 0 radical (unpaired) electrons. The van der Waals surface area contributed by atoms with Gasteiger partial charge in [0.2, 0.25) is 0 Å². The molecule has 1 N–H and O–H groups in total. The fourth-order valence-corrected chi connectivity index (χ4v) is 3.76. The van der Waals surface area contributed by atoms with Crippen molar-refractivity contribution < 1.29 is 31.9 Å². The van der Waals surface area contributed by atoms with Crippen molar-refractivity contribution in [2.24, 2.45) is 0 Å². The lowest BCUT2D eigenvalue weighted by Crippen LogP contribution is -2.39. The fraction of sp³-hybridized carbons (Fsp3) is 0.316. The van der Waals surface area contributed by atoms with Crippen molar-refractivity contribution in [3.8, 4) is 0 Å². The number of rotatable bonds is 4. The molecule has 0 aromatic heterocycles. The van der Waals surface area contributed by atoms with E-state index < -0.39 is 41.4 Å². The third-order valence-corrected chi connectivity index (χ3v) is 5.13. The van der Waals surface area contributed by atoms with E-state index in [2.05, 4.69) is 0 Å². The van der Waals surface area contributed by atoms with Crippen molar-refractivity contribution in [1.29, 1.82) is 0 Å². The molecule has 3 rings (SSSR count). The van der Waals surface area contributed by atoms with Crippen molar-refractivity contribution >= 4 is 17.6 Å². The van der Waals surface area contributed by atoms with E-state index in [0.717, 1.165) is 30.3 Å². The molecular formula is C19H15ClF5NO2. The van der Waals surface area contributed by atoms with Crippen LogP contribution in [-0.4, -0.2) is 28.6 Å². The minimum Gasteiger partial charge on any atom is -0.480 e. The van der Waals surface area contributed by atoms with E-state index in [1.165, 1.54) is 4.90 Å². The highest BCUT2D eigenvalue weighted by Gasteiger charge is 2.40. The van der Waals surface area contributed by atoms with E-state index >= 15 is 0 Å². The number of benzene rings is 2. The van der Waals surface area contributed by atoms with Gasteiger partial charge in [0.05, 0.1) is 11.6 Å². The summed E-state index contributed by atoms with van der Waals surface area (Å²) in [7, 11) is 0. The quantitative estimate of drug-likeness (QED) is 0.686. The first-order chi connectivity index (χ1) is 13.1. The van der Waals surface area contributed by atoms with Crippen LogP contribution < -0.4 is 0 Å². The predicted molar refractivity (Wildman–Crippen MR) is 92.0 cm³/mol. The van der Waals surface area contributed by atoms with Gasteiger partial charge in [0.25, 0.3) is 0 Å². The third kappa shape index (κ3) is 3.98. The Kier molecular flexibility index (Phi) is 5.63. The summed E-state index contributed by atoms with van der Waals surface area (Å²) >= 11 is 6.14. The largest absolute Gasteiger partial charge is 0.480 e. The maximum absolute atomic E-state index is 14.6. The summed E-state index contributed by atoms with van der Waals surface area (Å²) in [5, 5.41) is 9.41. The molecule has 150 valence electrons. The highest BCUT2D eigenvalue weighted by molar-refractivity contribution is 6.31. The van der Waals surface area contributed by atoms with E-state index in [1.807, 2.05) is 0 Å². The summed E-state index contributed by atoms with van der Waals surface area (Å²) in [4.78, 5) is 13.0. The van der Waals surface area contributed by atoms with Crippen molar-refractivity contribution in [1.82, 2.24) is 4.90 Å². The van der Waals surface area contributed by atoms with Gasteiger partial charge in [0.15, 0.2) is 0 Å². The van der Waals surface area contributed by atoms with Gasteiger partial charge in [0, 0.05) is 23.2 Å².